The van der Waals surface area contributed by atoms with Gasteiger partial charge in [-0.25, -0.2) is 18.2 Å². The number of hydrogen-bond acceptors (Lipinski definition) is 3. The fourth-order valence-corrected chi connectivity index (χ4v) is 2.70. The first-order valence-electron chi connectivity index (χ1n) is 6.82. The van der Waals surface area contributed by atoms with Crippen molar-refractivity contribution in [2.45, 2.75) is 19.0 Å². The van der Waals surface area contributed by atoms with Crippen LogP contribution in [-0.4, -0.2) is 26.9 Å². The monoisotopic (exact) mass is 320 g/mol. The van der Waals surface area contributed by atoms with Crippen molar-refractivity contribution < 1.29 is 18.0 Å². The molecule has 1 amide bonds. The molecule has 1 aliphatic rings. The maximum absolute atomic E-state index is 13.9. The van der Waals surface area contributed by atoms with E-state index >= 15 is 0 Å². The Labute approximate surface area is 129 Å². The quantitative estimate of drug-likeness (QED) is 0.814. The number of halogens is 3. The van der Waals surface area contributed by atoms with Crippen LogP contribution in [0.25, 0.3) is 0 Å². The molecule has 1 aliphatic heterocycles. The number of benzene rings is 1. The molecule has 0 bridgehead atoms. The number of imidazole rings is 1. The average molecular weight is 320 g/mol. The van der Waals surface area contributed by atoms with E-state index in [1.54, 1.807) is 0 Å². The number of likely N-dealkylation sites (tertiary alicyclic amines) is 1. The summed E-state index contributed by atoms with van der Waals surface area (Å²) >= 11 is 0. The van der Waals surface area contributed by atoms with E-state index in [4.69, 9.17) is 5.26 Å². The third kappa shape index (κ3) is 2.77. The highest BCUT2D eigenvalue weighted by Gasteiger charge is 2.33. The number of aromatic nitrogens is 2. The Morgan fingerprint density at radius 3 is 2.87 bits per heavy atom. The molecule has 2 heterocycles. The zero-order valence-electron chi connectivity index (χ0n) is 11.8. The molecule has 1 atom stereocenters. The van der Waals surface area contributed by atoms with Gasteiger partial charge in [0, 0.05) is 24.9 Å². The van der Waals surface area contributed by atoms with Crippen molar-refractivity contribution in [1.29, 1.82) is 5.26 Å². The third-order valence-corrected chi connectivity index (χ3v) is 3.83. The summed E-state index contributed by atoms with van der Waals surface area (Å²) in [6.45, 7) is 0.194. The molecular formula is C15H11F3N4O. The lowest BCUT2D eigenvalue weighted by molar-refractivity contribution is -0.129. The van der Waals surface area contributed by atoms with Crippen molar-refractivity contribution in [2.24, 2.45) is 0 Å². The van der Waals surface area contributed by atoms with Gasteiger partial charge in [-0.1, -0.05) is 0 Å². The summed E-state index contributed by atoms with van der Waals surface area (Å²) in [4.78, 5) is 17.3. The van der Waals surface area contributed by atoms with E-state index in [0.717, 1.165) is 6.07 Å². The van der Waals surface area contributed by atoms with Crippen molar-refractivity contribution in [2.75, 3.05) is 6.54 Å². The minimum atomic E-state index is -1.27. The van der Waals surface area contributed by atoms with E-state index < -0.39 is 23.4 Å². The number of carbonyl (C=O) groups excluding carboxylic acids is 1. The fourth-order valence-electron chi connectivity index (χ4n) is 2.70. The molecule has 1 aromatic heterocycles. The Morgan fingerprint density at radius 1 is 1.35 bits per heavy atom. The lowest BCUT2D eigenvalue weighted by Crippen LogP contribution is -2.28. The minimum absolute atomic E-state index is 0.0452. The summed E-state index contributed by atoms with van der Waals surface area (Å²) in [6, 6.07) is 3.32. The van der Waals surface area contributed by atoms with Crippen LogP contribution < -0.4 is 0 Å². The van der Waals surface area contributed by atoms with Gasteiger partial charge < -0.3 is 9.47 Å². The highest BCUT2D eigenvalue weighted by molar-refractivity contribution is 5.79. The molecule has 1 unspecified atom stereocenters. The van der Waals surface area contributed by atoms with Crippen molar-refractivity contribution in [3.63, 3.8) is 0 Å². The van der Waals surface area contributed by atoms with Crippen molar-refractivity contribution in [1.82, 2.24) is 14.5 Å². The van der Waals surface area contributed by atoms with Crippen LogP contribution in [0.3, 0.4) is 0 Å². The highest BCUT2D eigenvalue weighted by Crippen LogP contribution is 2.31. The molecule has 5 nitrogen and oxygen atoms in total. The Hall–Kier alpha value is -2.82. The Bertz CT molecular complexity index is 812. The SMILES string of the molecule is N#Cc1cncn1CN1CC(c2cc(F)cc(F)c2F)CC1=O. The smallest absolute Gasteiger partial charge is 0.224 e. The zero-order chi connectivity index (χ0) is 16.6. The molecule has 3 rings (SSSR count). The molecular weight excluding hydrogens is 309 g/mol. The number of carbonyl (C=O) groups is 1. The molecule has 118 valence electrons. The lowest BCUT2D eigenvalue weighted by Gasteiger charge is -2.18. The first kappa shape index (κ1) is 15.1. The molecule has 23 heavy (non-hydrogen) atoms. The van der Waals surface area contributed by atoms with E-state index in [1.807, 2.05) is 6.07 Å². The van der Waals surface area contributed by atoms with Crippen LogP contribution in [0.2, 0.25) is 0 Å². The number of nitrogens with zero attached hydrogens (tertiary/aromatic N) is 4. The second-order valence-electron chi connectivity index (χ2n) is 5.31. The maximum Gasteiger partial charge on any atom is 0.224 e. The van der Waals surface area contributed by atoms with Gasteiger partial charge in [0.15, 0.2) is 11.6 Å². The predicted octanol–water partition coefficient (Wildman–Crippen LogP) is 2.15. The van der Waals surface area contributed by atoms with E-state index in [1.165, 1.54) is 22.0 Å². The highest BCUT2D eigenvalue weighted by atomic mass is 19.2. The second kappa shape index (κ2) is 5.76. The van der Waals surface area contributed by atoms with Crippen molar-refractivity contribution >= 4 is 5.91 Å². The maximum atomic E-state index is 13.9. The summed E-state index contributed by atoms with van der Waals surface area (Å²) in [5.74, 6) is -4.21. The average Bonchev–Trinajstić information content (AvgIpc) is 3.10. The van der Waals surface area contributed by atoms with Gasteiger partial charge in [-0.05, 0) is 11.6 Å². The summed E-state index contributed by atoms with van der Waals surface area (Å²) in [7, 11) is 0. The number of rotatable bonds is 3. The summed E-state index contributed by atoms with van der Waals surface area (Å²) in [5.41, 5.74) is 0.133. The molecule has 1 fully saturated rings. The molecule has 0 N–H and O–H groups in total. The molecule has 0 aliphatic carbocycles. The number of nitriles is 1. The van der Waals surface area contributed by atoms with Crippen LogP contribution >= 0.6 is 0 Å². The molecule has 0 saturated carbocycles. The van der Waals surface area contributed by atoms with Gasteiger partial charge >= 0.3 is 0 Å². The van der Waals surface area contributed by atoms with Crippen LogP contribution in [-0.2, 0) is 11.5 Å². The Morgan fingerprint density at radius 2 is 2.13 bits per heavy atom. The van der Waals surface area contributed by atoms with E-state index in [2.05, 4.69) is 4.98 Å². The van der Waals surface area contributed by atoms with Gasteiger partial charge in [0.1, 0.15) is 17.6 Å². The van der Waals surface area contributed by atoms with Gasteiger partial charge in [0.2, 0.25) is 5.91 Å². The largest absolute Gasteiger partial charge is 0.324 e. The fraction of sp³-hybridized carbons (Fsp3) is 0.267. The van der Waals surface area contributed by atoms with Crippen molar-refractivity contribution in [3.8, 4) is 6.07 Å². The van der Waals surface area contributed by atoms with Gasteiger partial charge in [-0.3, -0.25) is 4.79 Å². The van der Waals surface area contributed by atoms with E-state index in [9.17, 15) is 18.0 Å². The molecule has 2 aromatic rings. The second-order valence-corrected chi connectivity index (χ2v) is 5.31. The van der Waals surface area contributed by atoms with Crippen LogP contribution in [0.1, 0.15) is 23.6 Å². The van der Waals surface area contributed by atoms with Crippen LogP contribution in [0, 0.1) is 28.8 Å². The normalized spacial score (nSPS) is 17.6. The summed E-state index contributed by atoms with van der Waals surface area (Å²) in [5, 5.41) is 8.93. The molecule has 8 heteroatoms. The predicted molar refractivity (Wildman–Crippen MR) is 72.3 cm³/mol. The van der Waals surface area contributed by atoms with Gasteiger partial charge in [0.05, 0.1) is 19.2 Å². The zero-order valence-corrected chi connectivity index (χ0v) is 11.8. The lowest BCUT2D eigenvalue weighted by atomic mass is 9.97. The van der Waals surface area contributed by atoms with Crippen molar-refractivity contribution in [3.05, 3.63) is 53.4 Å². The first-order chi connectivity index (χ1) is 11.0. The first-order valence-corrected chi connectivity index (χ1v) is 6.82. The number of hydrogen-bond donors (Lipinski definition) is 0. The summed E-state index contributed by atoms with van der Waals surface area (Å²) < 4.78 is 42.0. The molecule has 1 saturated heterocycles. The van der Waals surface area contributed by atoms with Gasteiger partial charge in [0.25, 0.3) is 0 Å². The topological polar surface area (TPSA) is 61.9 Å². The molecule has 1 aromatic carbocycles. The van der Waals surface area contributed by atoms with Crippen LogP contribution in [0.15, 0.2) is 24.7 Å². The molecule has 0 radical (unpaired) electrons. The van der Waals surface area contributed by atoms with E-state index in [0.29, 0.717) is 6.07 Å². The summed E-state index contributed by atoms with van der Waals surface area (Å²) in [6.07, 6.45) is 2.72. The molecule has 0 spiro atoms. The van der Waals surface area contributed by atoms with Crippen LogP contribution in [0.5, 0.6) is 0 Å². The van der Waals surface area contributed by atoms with Gasteiger partial charge in [-0.15, -0.1) is 0 Å². The number of amides is 1. The minimum Gasteiger partial charge on any atom is -0.324 e. The standard InChI is InChI=1S/C15H11F3N4O/c16-10-2-12(15(18)13(17)3-10)9-1-14(23)21(6-9)8-22-7-20-5-11(22)4-19/h2-3,5,7,9H,1,6,8H2. The Balaban J connectivity index is 1.82. The van der Waals surface area contributed by atoms with E-state index in [-0.39, 0.29) is 36.8 Å². The van der Waals surface area contributed by atoms with Crippen LogP contribution in [0.4, 0.5) is 13.2 Å². The Kier molecular flexibility index (Phi) is 3.78. The third-order valence-electron chi connectivity index (χ3n) is 3.83. The van der Waals surface area contributed by atoms with Gasteiger partial charge in [-0.2, -0.15) is 5.26 Å².